The lowest BCUT2D eigenvalue weighted by Crippen LogP contribution is -2.32. The van der Waals surface area contributed by atoms with Gasteiger partial charge in [-0.05, 0) is 43.6 Å². The van der Waals surface area contributed by atoms with Gasteiger partial charge in [0.05, 0.1) is 6.61 Å². The van der Waals surface area contributed by atoms with Gasteiger partial charge in [-0.1, -0.05) is 26.5 Å². The summed E-state index contributed by atoms with van der Waals surface area (Å²) in [6, 6.07) is 0. The second-order valence-electron chi connectivity index (χ2n) is 7.48. The predicted molar refractivity (Wildman–Crippen MR) is 116 cm³/mol. The minimum atomic E-state index is -1.01. The van der Waals surface area contributed by atoms with Gasteiger partial charge in [0.2, 0.25) is 6.41 Å². The zero-order valence-corrected chi connectivity index (χ0v) is 18.8. The summed E-state index contributed by atoms with van der Waals surface area (Å²) in [5.41, 5.74) is 0. The summed E-state index contributed by atoms with van der Waals surface area (Å²) in [4.78, 5) is 32.7. The molecule has 2 rings (SSSR count). The summed E-state index contributed by atoms with van der Waals surface area (Å²) < 4.78 is 19.0. The summed E-state index contributed by atoms with van der Waals surface area (Å²) in [6.45, 7) is 10.0. The zero-order valence-electron chi connectivity index (χ0n) is 18.8. The van der Waals surface area contributed by atoms with Gasteiger partial charge in [0.1, 0.15) is 19.8 Å². The number of rotatable bonds is 13. The number of nitrogens with one attached hydrogen (secondary N) is 2. The Morgan fingerprint density at radius 1 is 1.00 bits per heavy atom. The van der Waals surface area contributed by atoms with Crippen LogP contribution in [0.1, 0.15) is 32.6 Å². The normalized spacial score (nSPS) is 21.5. The Bertz CT molecular complexity index is 613. The van der Waals surface area contributed by atoms with E-state index in [9.17, 15) is 14.4 Å². The van der Waals surface area contributed by atoms with Crippen molar-refractivity contribution in [2.24, 2.45) is 17.8 Å². The van der Waals surface area contributed by atoms with Gasteiger partial charge in [-0.15, -0.1) is 0 Å². The molecule has 2 aliphatic carbocycles. The Kier molecular flexibility index (Phi) is 14.0. The standard InChI is InChI=1S/C14H21NO4.C8H15NO4/c1-2-13(16)18-5-6-19-14(17)15-9-12-8-10-3-4-11(12)7-10;1-3-7(10)12-5-6-13-8(11)9-4-2/h2,10-12H,1,3-9H2,(H,15,17);3,8-9,11H,1,4-6H2,2H3. The third kappa shape index (κ3) is 11.8. The molecule has 0 heterocycles. The zero-order chi connectivity index (χ0) is 23.8. The number of fused-ring (bicyclic) bond motifs is 2. The van der Waals surface area contributed by atoms with Crippen molar-refractivity contribution in [1.82, 2.24) is 10.6 Å². The third-order valence-electron chi connectivity index (χ3n) is 5.27. The minimum Gasteiger partial charge on any atom is -0.460 e. The number of ether oxygens (including phenoxy) is 4. The van der Waals surface area contributed by atoms with Crippen LogP contribution >= 0.6 is 0 Å². The van der Waals surface area contributed by atoms with E-state index in [0.717, 1.165) is 24.0 Å². The van der Waals surface area contributed by atoms with E-state index >= 15 is 0 Å². The van der Waals surface area contributed by atoms with Crippen LogP contribution in [0.2, 0.25) is 0 Å². The molecule has 1 amide bonds. The van der Waals surface area contributed by atoms with Crippen LogP contribution in [-0.4, -0.2) is 69.1 Å². The number of aliphatic hydroxyl groups is 1. The summed E-state index contributed by atoms with van der Waals surface area (Å²) in [6.07, 6.45) is 5.95. The van der Waals surface area contributed by atoms with E-state index in [0.29, 0.717) is 19.0 Å². The summed E-state index contributed by atoms with van der Waals surface area (Å²) in [5.74, 6) is 1.28. The smallest absolute Gasteiger partial charge is 0.407 e. The average Bonchev–Trinajstić information content (AvgIpc) is 3.42. The maximum Gasteiger partial charge on any atom is 0.407 e. The molecule has 0 radical (unpaired) electrons. The SMILES string of the molecule is C=CC(=O)OCCOC(=O)NCC1CC2CCC1C2.C=CC(=O)OCCOC(O)NCC. The van der Waals surface area contributed by atoms with Crippen molar-refractivity contribution in [3.8, 4) is 0 Å². The van der Waals surface area contributed by atoms with E-state index < -0.39 is 24.4 Å². The molecule has 0 aromatic carbocycles. The van der Waals surface area contributed by atoms with Gasteiger partial charge >= 0.3 is 18.0 Å². The molecule has 2 bridgehead atoms. The highest BCUT2D eigenvalue weighted by molar-refractivity contribution is 5.81. The minimum absolute atomic E-state index is 0.0619. The quantitative estimate of drug-likeness (QED) is 0.124. The number of hydrogen-bond donors (Lipinski definition) is 3. The van der Waals surface area contributed by atoms with E-state index in [4.69, 9.17) is 19.3 Å². The van der Waals surface area contributed by atoms with Crippen molar-refractivity contribution in [3.05, 3.63) is 25.3 Å². The van der Waals surface area contributed by atoms with E-state index in [1.165, 1.54) is 25.7 Å². The molecule has 2 aliphatic rings. The van der Waals surface area contributed by atoms with Crippen molar-refractivity contribution in [3.63, 3.8) is 0 Å². The van der Waals surface area contributed by atoms with Gasteiger partial charge in [-0.25, -0.2) is 14.4 Å². The fourth-order valence-electron chi connectivity index (χ4n) is 3.82. The number of alkyl carbamates (subject to hydrolysis) is 1. The lowest BCUT2D eigenvalue weighted by molar-refractivity contribution is -0.150. The van der Waals surface area contributed by atoms with Gasteiger partial charge in [0, 0.05) is 18.7 Å². The molecular weight excluding hydrogens is 420 g/mol. The molecule has 10 heteroatoms. The van der Waals surface area contributed by atoms with Crippen LogP contribution in [0.3, 0.4) is 0 Å². The molecule has 4 unspecified atom stereocenters. The molecule has 2 fully saturated rings. The molecule has 4 atom stereocenters. The second-order valence-corrected chi connectivity index (χ2v) is 7.48. The van der Waals surface area contributed by atoms with Crippen molar-refractivity contribution in [2.75, 3.05) is 39.5 Å². The fraction of sp³-hybridized carbons (Fsp3) is 0.682. The van der Waals surface area contributed by atoms with Crippen LogP contribution < -0.4 is 10.6 Å². The monoisotopic (exact) mass is 456 g/mol. The Hall–Kier alpha value is -2.43. The van der Waals surface area contributed by atoms with Crippen molar-refractivity contribution in [2.45, 2.75) is 39.0 Å². The van der Waals surface area contributed by atoms with E-state index in [2.05, 4.69) is 28.5 Å². The Balaban J connectivity index is 0.000000347. The maximum absolute atomic E-state index is 11.4. The molecule has 0 aromatic rings. The van der Waals surface area contributed by atoms with Crippen LogP contribution in [0.15, 0.2) is 25.3 Å². The van der Waals surface area contributed by atoms with Crippen molar-refractivity contribution >= 4 is 18.0 Å². The number of carbonyl (C=O) groups is 3. The highest BCUT2D eigenvalue weighted by atomic mass is 16.6. The first-order valence-electron chi connectivity index (χ1n) is 10.9. The summed E-state index contributed by atoms with van der Waals surface area (Å²) >= 11 is 0. The summed E-state index contributed by atoms with van der Waals surface area (Å²) in [5, 5.41) is 14.4. The van der Waals surface area contributed by atoms with Crippen LogP contribution in [0.25, 0.3) is 0 Å². The van der Waals surface area contributed by atoms with Crippen molar-refractivity contribution < 1.29 is 38.4 Å². The number of aliphatic hydroxyl groups excluding tert-OH is 1. The number of esters is 2. The van der Waals surface area contributed by atoms with Crippen LogP contribution in [-0.2, 0) is 28.5 Å². The molecule has 0 saturated heterocycles. The molecule has 0 aliphatic heterocycles. The van der Waals surface area contributed by atoms with Crippen molar-refractivity contribution in [1.29, 1.82) is 0 Å². The van der Waals surface area contributed by atoms with Gasteiger partial charge in [0.25, 0.3) is 0 Å². The first-order valence-corrected chi connectivity index (χ1v) is 10.9. The molecule has 0 spiro atoms. The fourth-order valence-corrected chi connectivity index (χ4v) is 3.82. The van der Waals surface area contributed by atoms with Crippen LogP contribution in [0.5, 0.6) is 0 Å². The molecule has 32 heavy (non-hydrogen) atoms. The Labute approximate surface area is 189 Å². The Morgan fingerprint density at radius 3 is 2.16 bits per heavy atom. The lowest BCUT2D eigenvalue weighted by Gasteiger charge is -2.21. The number of carbonyl (C=O) groups excluding carboxylic acids is 3. The highest BCUT2D eigenvalue weighted by Crippen LogP contribution is 2.47. The second kappa shape index (κ2) is 16.2. The topological polar surface area (TPSA) is 132 Å². The van der Waals surface area contributed by atoms with Gasteiger partial charge in [-0.3, -0.25) is 5.32 Å². The Morgan fingerprint density at radius 2 is 1.62 bits per heavy atom. The average molecular weight is 457 g/mol. The largest absolute Gasteiger partial charge is 0.460 e. The molecular formula is C22H36N2O8. The van der Waals surface area contributed by atoms with E-state index in [-0.39, 0.29) is 26.4 Å². The molecule has 2 saturated carbocycles. The van der Waals surface area contributed by atoms with Gasteiger partial charge < -0.3 is 29.4 Å². The molecule has 0 aromatic heterocycles. The first-order chi connectivity index (χ1) is 15.4. The third-order valence-corrected chi connectivity index (χ3v) is 5.27. The van der Waals surface area contributed by atoms with E-state index in [1.807, 2.05) is 6.92 Å². The lowest BCUT2D eigenvalue weighted by atomic mass is 9.89. The van der Waals surface area contributed by atoms with Gasteiger partial charge in [-0.2, -0.15) is 0 Å². The number of hydrogen-bond acceptors (Lipinski definition) is 9. The van der Waals surface area contributed by atoms with E-state index in [1.54, 1.807) is 0 Å². The molecule has 182 valence electrons. The molecule has 3 N–H and O–H groups in total. The summed E-state index contributed by atoms with van der Waals surface area (Å²) in [7, 11) is 0. The maximum atomic E-state index is 11.4. The van der Waals surface area contributed by atoms with Crippen LogP contribution in [0, 0.1) is 17.8 Å². The first kappa shape index (κ1) is 27.6. The van der Waals surface area contributed by atoms with Gasteiger partial charge in [0.15, 0.2) is 0 Å². The predicted octanol–water partition coefficient (Wildman–Crippen LogP) is 1.50. The number of amides is 1. The van der Waals surface area contributed by atoms with Crippen LogP contribution in [0.4, 0.5) is 4.79 Å². The molecule has 10 nitrogen and oxygen atoms in total. The highest BCUT2D eigenvalue weighted by Gasteiger charge is 2.39.